The van der Waals surface area contributed by atoms with Gasteiger partial charge in [0.05, 0.1) is 15.3 Å². The molecule has 1 rings (SSSR count). The van der Waals surface area contributed by atoms with Crippen LogP contribution in [0.25, 0.3) is 0 Å². The summed E-state index contributed by atoms with van der Waals surface area (Å²) in [5, 5.41) is 15.8. The van der Waals surface area contributed by atoms with E-state index in [1.54, 1.807) is 32.0 Å². The maximum atomic E-state index is 11.8. The van der Waals surface area contributed by atoms with Gasteiger partial charge < -0.3 is 5.11 Å². The summed E-state index contributed by atoms with van der Waals surface area (Å²) in [7, 11) is -2.73. The zero-order chi connectivity index (χ0) is 14.4. The Balaban J connectivity index is 3.60. The molecule has 0 aliphatic heterocycles. The lowest BCUT2D eigenvalue weighted by molar-refractivity contribution is 0.0765. The van der Waals surface area contributed by atoms with E-state index in [1.165, 1.54) is 0 Å². The average molecular weight is 269 g/mol. The lowest BCUT2D eigenvalue weighted by Gasteiger charge is -2.29. The maximum absolute atomic E-state index is 11.8. The van der Waals surface area contributed by atoms with Crippen LogP contribution in [0.2, 0.25) is 0 Å². The Kier molecular flexibility index (Phi) is 3.69. The fraction of sp³-hybridized carbons (Fsp3) is 0.500. The largest absolute Gasteiger partial charge is 0.386 e. The van der Waals surface area contributed by atoms with Crippen LogP contribution in [-0.4, -0.2) is 15.2 Å². The van der Waals surface area contributed by atoms with Gasteiger partial charge in [0, 0.05) is 4.90 Å². The molecular weight excluding hydrogens is 246 g/mol. The molecule has 1 aromatic rings. The fourth-order valence-electron chi connectivity index (χ4n) is 1.89. The zero-order valence-electron chi connectivity index (χ0n) is 11.8. The van der Waals surface area contributed by atoms with E-state index in [0.29, 0.717) is 4.90 Å². The zero-order valence-corrected chi connectivity index (χ0v) is 12.6. The maximum Gasteiger partial charge on any atom is 0.0843 e. The summed E-state index contributed by atoms with van der Waals surface area (Å²) in [5.74, 6) is 3.50. The van der Waals surface area contributed by atoms with Crippen LogP contribution in [0, 0.1) is 0 Å². The minimum atomic E-state index is -2.73. The van der Waals surface area contributed by atoms with Crippen LogP contribution >= 0.6 is 0 Å². The van der Waals surface area contributed by atoms with Crippen LogP contribution in [0.1, 0.15) is 45.7 Å². The van der Waals surface area contributed by atoms with Crippen molar-refractivity contribution in [3.05, 3.63) is 29.3 Å². The predicted octanol–water partition coefficient (Wildman–Crippen LogP) is 2.16. The summed E-state index contributed by atoms with van der Waals surface area (Å²) in [6, 6.07) is 5.26. The number of rotatable bonds is 2. The van der Waals surface area contributed by atoms with Gasteiger partial charge in [0.2, 0.25) is 0 Å². The van der Waals surface area contributed by atoms with Crippen molar-refractivity contribution in [3.63, 3.8) is 0 Å². The average Bonchev–Trinajstić information content (AvgIpc) is 2.12. The summed E-state index contributed by atoms with van der Waals surface area (Å²) < 4.78 is 11.8. The van der Waals surface area contributed by atoms with E-state index in [9.17, 15) is 9.32 Å². The molecule has 0 saturated heterocycles. The predicted molar refractivity (Wildman–Crippen MR) is 78.1 cm³/mol. The highest BCUT2D eigenvalue weighted by molar-refractivity contribution is 7.98. The monoisotopic (exact) mass is 269 g/mol. The molecule has 1 aromatic carbocycles. The molecule has 0 aliphatic carbocycles. The van der Waals surface area contributed by atoms with Crippen molar-refractivity contribution < 1.29 is 9.32 Å². The van der Waals surface area contributed by atoms with E-state index in [-0.39, 0.29) is 5.41 Å². The molecule has 0 saturated carbocycles. The van der Waals surface area contributed by atoms with Crippen LogP contribution < -0.4 is 5.14 Å². The summed E-state index contributed by atoms with van der Waals surface area (Å²) in [6.45, 7) is 9.61. The van der Waals surface area contributed by atoms with Gasteiger partial charge in [-0.15, -0.1) is 0 Å². The highest BCUT2D eigenvalue weighted by Gasteiger charge is 2.27. The van der Waals surface area contributed by atoms with Crippen molar-refractivity contribution in [1.29, 1.82) is 0 Å². The van der Waals surface area contributed by atoms with Gasteiger partial charge in [-0.2, -0.15) is 0 Å². The molecule has 18 heavy (non-hydrogen) atoms. The molecule has 1 unspecified atom stereocenters. The van der Waals surface area contributed by atoms with Crippen LogP contribution in [-0.2, 0) is 20.7 Å². The van der Waals surface area contributed by atoms with Gasteiger partial charge >= 0.3 is 0 Å². The molecule has 0 aliphatic rings. The number of hydrogen-bond donors (Lipinski definition) is 2. The molecule has 0 aromatic heterocycles. The van der Waals surface area contributed by atoms with Crippen molar-refractivity contribution in [2.45, 2.75) is 50.5 Å². The Morgan fingerprint density at radius 1 is 1.17 bits per heavy atom. The third kappa shape index (κ3) is 3.34. The Bertz CT molecular complexity index is 546. The highest BCUT2D eigenvalue weighted by atomic mass is 32.2. The smallest absolute Gasteiger partial charge is 0.0843 e. The molecule has 0 spiro atoms. The summed E-state index contributed by atoms with van der Waals surface area (Å²) in [4.78, 5) is 0.514. The first-order chi connectivity index (χ1) is 7.83. The third-order valence-corrected chi connectivity index (χ3v) is 3.91. The van der Waals surface area contributed by atoms with Crippen molar-refractivity contribution >= 4 is 15.6 Å². The normalized spacial score (nSPS) is 16.4. The van der Waals surface area contributed by atoms with E-state index in [1.807, 2.05) is 20.8 Å². The minimum Gasteiger partial charge on any atom is -0.386 e. The Morgan fingerprint density at radius 2 is 1.67 bits per heavy atom. The Morgan fingerprint density at radius 3 is 2.00 bits per heavy atom. The lowest BCUT2D eigenvalue weighted by Crippen LogP contribution is -2.25. The number of aliphatic hydroxyl groups is 1. The van der Waals surface area contributed by atoms with Gasteiger partial charge in [0.15, 0.2) is 0 Å². The topological polar surface area (TPSA) is 63.3 Å². The molecular formula is C14H23NO2S. The second-order valence-electron chi connectivity index (χ2n) is 6.24. The third-order valence-electron chi connectivity index (χ3n) is 2.86. The van der Waals surface area contributed by atoms with Crippen LogP contribution in [0.5, 0.6) is 0 Å². The molecule has 0 fully saturated rings. The van der Waals surface area contributed by atoms with E-state index in [2.05, 4.69) is 5.87 Å². The van der Waals surface area contributed by atoms with Crippen LogP contribution in [0.3, 0.4) is 0 Å². The standard InChI is InChI=1S/C14H23NO2S/c1-13(2,3)12-9-10(18(6,15)17)7-8-11(12)14(4,5)16/h7-9,16H,6H2,1-5H3,(H2,15,17). The van der Waals surface area contributed by atoms with E-state index in [0.717, 1.165) is 11.1 Å². The Labute approximate surface area is 110 Å². The highest BCUT2D eigenvalue weighted by Crippen LogP contribution is 2.33. The molecule has 0 amide bonds. The van der Waals surface area contributed by atoms with E-state index < -0.39 is 15.3 Å². The molecule has 0 bridgehead atoms. The van der Waals surface area contributed by atoms with Crippen molar-refractivity contribution in [2.24, 2.45) is 5.14 Å². The summed E-state index contributed by atoms with van der Waals surface area (Å²) in [5.41, 5.74) is 0.644. The van der Waals surface area contributed by atoms with Crippen LogP contribution in [0.4, 0.5) is 0 Å². The molecule has 3 N–H and O–H groups in total. The van der Waals surface area contributed by atoms with Gasteiger partial charge in [-0.05, 0) is 48.4 Å². The minimum absolute atomic E-state index is 0.171. The van der Waals surface area contributed by atoms with Gasteiger partial charge in [0.1, 0.15) is 0 Å². The summed E-state index contributed by atoms with van der Waals surface area (Å²) in [6.07, 6.45) is 0. The lowest BCUT2D eigenvalue weighted by atomic mass is 9.79. The first-order valence-electron chi connectivity index (χ1n) is 5.86. The van der Waals surface area contributed by atoms with Crippen molar-refractivity contribution in [3.8, 4) is 0 Å². The molecule has 4 heteroatoms. The van der Waals surface area contributed by atoms with Crippen molar-refractivity contribution in [1.82, 2.24) is 0 Å². The second kappa shape index (κ2) is 4.37. The molecule has 102 valence electrons. The van der Waals surface area contributed by atoms with Gasteiger partial charge in [0.25, 0.3) is 0 Å². The van der Waals surface area contributed by atoms with Crippen molar-refractivity contribution in [2.75, 3.05) is 0 Å². The number of nitrogens with two attached hydrogens (primary N) is 1. The van der Waals surface area contributed by atoms with Gasteiger partial charge in [-0.3, -0.25) is 5.14 Å². The van der Waals surface area contributed by atoms with Gasteiger partial charge in [-0.1, -0.05) is 26.8 Å². The van der Waals surface area contributed by atoms with Crippen LogP contribution in [0.15, 0.2) is 23.1 Å². The first kappa shape index (κ1) is 15.2. The fourth-order valence-corrected chi connectivity index (χ4v) is 2.51. The summed E-state index contributed by atoms with van der Waals surface area (Å²) >= 11 is 0. The van der Waals surface area contributed by atoms with E-state index in [4.69, 9.17) is 5.14 Å². The molecule has 3 nitrogen and oxygen atoms in total. The number of benzene rings is 1. The second-order valence-corrected chi connectivity index (χ2v) is 8.17. The molecule has 0 radical (unpaired) electrons. The van der Waals surface area contributed by atoms with E-state index >= 15 is 0 Å². The SMILES string of the molecule is C=S(N)(=O)c1ccc(C(C)(C)O)c(C(C)(C)C)c1. The number of hydrogen-bond acceptors (Lipinski definition) is 2. The quantitative estimate of drug-likeness (QED) is 0.808. The Hall–Kier alpha value is -0.840. The molecule has 0 heterocycles. The van der Waals surface area contributed by atoms with Gasteiger partial charge in [-0.25, -0.2) is 4.21 Å². The molecule has 1 atom stereocenters. The first-order valence-corrected chi connectivity index (χ1v) is 7.65.